The summed E-state index contributed by atoms with van der Waals surface area (Å²) in [6.45, 7) is 1.38. The SMILES string of the molecule is CC(O)(C#CCO)c1ccc2ccccc2c1. The molecular formula is C15H14O2. The zero-order valence-electron chi connectivity index (χ0n) is 9.64. The van der Waals surface area contributed by atoms with E-state index in [0.29, 0.717) is 0 Å². The molecule has 2 nitrogen and oxygen atoms in total. The van der Waals surface area contributed by atoms with Crippen LogP contribution in [0.1, 0.15) is 12.5 Å². The van der Waals surface area contributed by atoms with Crippen LogP contribution in [0.15, 0.2) is 42.5 Å². The first-order chi connectivity index (χ1) is 8.13. The average Bonchev–Trinajstić information content (AvgIpc) is 2.36. The third-order valence-electron chi connectivity index (χ3n) is 2.72. The summed E-state index contributed by atoms with van der Waals surface area (Å²) in [7, 11) is 0. The minimum absolute atomic E-state index is 0.246. The normalized spacial score (nSPS) is 13.8. The van der Waals surface area contributed by atoms with E-state index in [1.165, 1.54) is 0 Å². The molecule has 0 aromatic heterocycles. The van der Waals surface area contributed by atoms with E-state index in [4.69, 9.17) is 5.11 Å². The van der Waals surface area contributed by atoms with Crippen molar-refractivity contribution >= 4 is 10.8 Å². The number of fused-ring (bicyclic) bond motifs is 1. The van der Waals surface area contributed by atoms with Crippen molar-refractivity contribution in [1.29, 1.82) is 0 Å². The zero-order chi connectivity index (χ0) is 12.3. The summed E-state index contributed by atoms with van der Waals surface area (Å²) in [5, 5.41) is 21.0. The number of hydrogen-bond donors (Lipinski definition) is 2. The molecule has 0 radical (unpaired) electrons. The van der Waals surface area contributed by atoms with E-state index in [9.17, 15) is 5.11 Å². The van der Waals surface area contributed by atoms with Gasteiger partial charge in [-0.05, 0) is 29.3 Å². The maximum absolute atomic E-state index is 10.2. The number of rotatable bonds is 1. The summed E-state index contributed by atoms with van der Waals surface area (Å²) in [4.78, 5) is 0. The highest BCUT2D eigenvalue weighted by atomic mass is 16.3. The van der Waals surface area contributed by atoms with E-state index >= 15 is 0 Å². The Balaban J connectivity index is 2.49. The van der Waals surface area contributed by atoms with E-state index in [1.54, 1.807) is 6.92 Å². The Hall–Kier alpha value is -1.82. The van der Waals surface area contributed by atoms with Crippen LogP contribution in [0.2, 0.25) is 0 Å². The molecule has 86 valence electrons. The zero-order valence-corrected chi connectivity index (χ0v) is 9.64. The monoisotopic (exact) mass is 226 g/mol. The van der Waals surface area contributed by atoms with Gasteiger partial charge in [0, 0.05) is 0 Å². The largest absolute Gasteiger partial charge is 0.384 e. The van der Waals surface area contributed by atoms with Gasteiger partial charge in [0.05, 0.1) is 0 Å². The summed E-state index contributed by atoms with van der Waals surface area (Å²) < 4.78 is 0. The van der Waals surface area contributed by atoms with Crippen molar-refractivity contribution in [3.05, 3.63) is 48.0 Å². The van der Waals surface area contributed by atoms with Crippen molar-refractivity contribution < 1.29 is 10.2 Å². The molecule has 2 rings (SSSR count). The number of benzene rings is 2. The first kappa shape index (κ1) is 11.7. The second-order valence-electron chi connectivity index (χ2n) is 4.09. The lowest BCUT2D eigenvalue weighted by molar-refractivity contribution is 0.122. The van der Waals surface area contributed by atoms with Crippen LogP contribution in [-0.2, 0) is 5.60 Å². The standard InChI is InChI=1S/C15H14O2/c1-15(17,9-4-10-16)14-8-7-12-5-2-3-6-13(12)11-14/h2-3,5-8,11,16-17H,10H2,1H3. The highest BCUT2D eigenvalue weighted by molar-refractivity contribution is 5.83. The molecule has 1 unspecified atom stereocenters. The number of hydrogen-bond acceptors (Lipinski definition) is 2. The maximum atomic E-state index is 10.2. The van der Waals surface area contributed by atoms with Gasteiger partial charge in [0.2, 0.25) is 0 Å². The molecule has 2 heteroatoms. The molecule has 0 saturated carbocycles. The van der Waals surface area contributed by atoms with Gasteiger partial charge in [-0.3, -0.25) is 0 Å². The molecule has 2 aromatic rings. The molecule has 0 aliphatic rings. The van der Waals surface area contributed by atoms with E-state index in [0.717, 1.165) is 16.3 Å². The highest BCUT2D eigenvalue weighted by Crippen LogP contribution is 2.24. The van der Waals surface area contributed by atoms with Crippen molar-refractivity contribution in [3.8, 4) is 11.8 Å². The van der Waals surface area contributed by atoms with Crippen molar-refractivity contribution in [3.63, 3.8) is 0 Å². The van der Waals surface area contributed by atoms with E-state index in [-0.39, 0.29) is 6.61 Å². The summed E-state index contributed by atoms with van der Waals surface area (Å²) in [6, 6.07) is 13.7. The van der Waals surface area contributed by atoms with Crippen molar-refractivity contribution in [1.82, 2.24) is 0 Å². The van der Waals surface area contributed by atoms with Gasteiger partial charge in [0.25, 0.3) is 0 Å². The minimum atomic E-state index is -1.23. The summed E-state index contributed by atoms with van der Waals surface area (Å²) in [5.74, 6) is 5.14. The molecule has 0 fully saturated rings. The van der Waals surface area contributed by atoms with E-state index in [1.807, 2.05) is 42.5 Å². The van der Waals surface area contributed by atoms with Crippen LogP contribution >= 0.6 is 0 Å². The fourth-order valence-electron chi connectivity index (χ4n) is 1.78. The summed E-state index contributed by atoms with van der Waals surface area (Å²) in [5.41, 5.74) is -0.496. The number of aliphatic hydroxyl groups excluding tert-OH is 1. The van der Waals surface area contributed by atoms with Crippen molar-refractivity contribution in [2.24, 2.45) is 0 Å². The smallest absolute Gasteiger partial charge is 0.148 e. The van der Waals surface area contributed by atoms with Crippen LogP contribution < -0.4 is 0 Å². The van der Waals surface area contributed by atoms with Gasteiger partial charge in [-0.2, -0.15) is 0 Å². The van der Waals surface area contributed by atoms with E-state index in [2.05, 4.69) is 11.8 Å². The van der Waals surface area contributed by atoms with Crippen molar-refractivity contribution in [2.45, 2.75) is 12.5 Å². The average molecular weight is 226 g/mol. The minimum Gasteiger partial charge on any atom is -0.384 e. The van der Waals surface area contributed by atoms with Crippen LogP contribution in [0.3, 0.4) is 0 Å². The van der Waals surface area contributed by atoms with Gasteiger partial charge in [-0.1, -0.05) is 48.2 Å². The van der Waals surface area contributed by atoms with Gasteiger partial charge in [0.1, 0.15) is 12.2 Å². The van der Waals surface area contributed by atoms with Gasteiger partial charge >= 0.3 is 0 Å². The topological polar surface area (TPSA) is 40.5 Å². The lowest BCUT2D eigenvalue weighted by Crippen LogP contribution is -2.18. The van der Waals surface area contributed by atoms with Crippen LogP contribution in [0, 0.1) is 11.8 Å². The molecule has 0 amide bonds. The lowest BCUT2D eigenvalue weighted by atomic mass is 9.94. The molecule has 2 aromatic carbocycles. The molecular weight excluding hydrogens is 212 g/mol. The van der Waals surface area contributed by atoms with Crippen LogP contribution in [-0.4, -0.2) is 16.8 Å². The predicted octanol–water partition coefficient (Wildman–Crippen LogP) is 2.04. The van der Waals surface area contributed by atoms with Crippen LogP contribution in [0.4, 0.5) is 0 Å². The Morgan fingerprint density at radius 2 is 1.82 bits per heavy atom. The van der Waals surface area contributed by atoms with Gasteiger partial charge in [-0.25, -0.2) is 0 Å². The Labute approximate surface area is 101 Å². The molecule has 2 N–H and O–H groups in total. The van der Waals surface area contributed by atoms with Gasteiger partial charge in [-0.15, -0.1) is 0 Å². The first-order valence-electron chi connectivity index (χ1n) is 5.46. The maximum Gasteiger partial charge on any atom is 0.148 e. The highest BCUT2D eigenvalue weighted by Gasteiger charge is 2.19. The molecule has 17 heavy (non-hydrogen) atoms. The fraction of sp³-hybridized carbons (Fsp3) is 0.200. The Kier molecular flexibility index (Phi) is 3.14. The van der Waals surface area contributed by atoms with Crippen LogP contribution in [0.25, 0.3) is 10.8 Å². The molecule has 0 aliphatic heterocycles. The second-order valence-corrected chi connectivity index (χ2v) is 4.09. The predicted molar refractivity (Wildman–Crippen MR) is 68.4 cm³/mol. The van der Waals surface area contributed by atoms with Gasteiger partial charge in [0.15, 0.2) is 0 Å². The van der Waals surface area contributed by atoms with E-state index < -0.39 is 5.60 Å². The Morgan fingerprint density at radius 3 is 2.53 bits per heavy atom. The molecule has 1 atom stereocenters. The quantitative estimate of drug-likeness (QED) is 0.730. The molecule has 0 bridgehead atoms. The van der Waals surface area contributed by atoms with Crippen LogP contribution in [0.5, 0.6) is 0 Å². The first-order valence-corrected chi connectivity index (χ1v) is 5.46. The van der Waals surface area contributed by atoms with Crippen molar-refractivity contribution in [2.75, 3.05) is 6.61 Å². The molecule has 0 heterocycles. The lowest BCUT2D eigenvalue weighted by Gasteiger charge is -2.17. The third-order valence-corrected chi connectivity index (χ3v) is 2.72. The second kappa shape index (κ2) is 4.58. The Bertz CT molecular complexity index is 588. The molecule has 0 saturated heterocycles. The number of aliphatic hydroxyl groups is 2. The fourth-order valence-corrected chi connectivity index (χ4v) is 1.78. The molecule has 0 spiro atoms. The summed E-state index contributed by atoms with van der Waals surface area (Å²) in [6.07, 6.45) is 0. The summed E-state index contributed by atoms with van der Waals surface area (Å²) >= 11 is 0. The van der Waals surface area contributed by atoms with Gasteiger partial charge < -0.3 is 10.2 Å². The molecule has 0 aliphatic carbocycles. The Morgan fingerprint density at radius 1 is 1.12 bits per heavy atom. The third kappa shape index (κ3) is 2.47.